The summed E-state index contributed by atoms with van der Waals surface area (Å²) in [7, 11) is 1.50. The second kappa shape index (κ2) is 9.27. The Hall–Kier alpha value is -2.00. The van der Waals surface area contributed by atoms with Crippen molar-refractivity contribution >= 4 is 29.2 Å². The second-order valence-corrected chi connectivity index (χ2v) is 5.97. The number of alkyl halides is 3. The van der Waals surface area contributed by atoms with Crippen LogP contribution in [0.3, 0.4) is 0 Å². The molecule has 0 amide bonds. The molecule has 0 saturated carbocycles. The highest BCUT2D eigenvalue weighted by atomic mass is 35.5. The van der Waals surface area contributed by atoms with Crippen LogP contribution in [-0.2, 0) is 27.2 Å². The number of halogens is 5. The third-order valence-corrected chi connectivity index (χ3v) is 3.89. The number of rotatable bonds is 7. The van der Waals surface area contributed by atoms with E-state index in [1.807, 2.05) is 0 Å². The molecule has 0 saturated heterocycles. The molecule has 5 nitrogen and oxygen atoms in total. The van der Waals surface area contributed by atoms with Gasteiger partial charge in [0.2, 0.25) is 0 Å². The van der Waals surface area contributed by atoms with E-state index in [1.165, 1.54) is 25.2 Å². The van der Waals surface area contributed by atoms with E-state index in [-0.39, 0.29) is 29.7 Å². The second-order valence-electron chi connectivity index (χ2n) is 5.15. The van der Waals surface area contributed by atoms with Crippen molar-refractivity contribution in [2.75, 3.05) is 13.7 Å². The number of carbonyl (C=O) groups excluding carboxylic acids is 1. The van der Waals surface area contributed by atoms with Crippen molar-refractivity contribution in [2.45, 2.75) is 12.8 Å². The van der Waals surface area contributed by atoms with Gasteiger partial charge in [0.1, 0.15) is 18.1 Å². The Morgan fingerprint density at radius 3 is 2.48 bits per heavy atom. The third kappa shape index (κ3) is 6.28. The Morgan fingerprint density at radius 1 is 1.11 bits per heavy atom. The lowest BCUT2D eigenvalue weighted by molar-refractivity contribution is -0.152. The fraction of sp³-hybridized carbons (Fsp3) is 0.235. The lowest BCUT2D eigenvalue weighted by Gasteiger charge is -2.13. The van der Waals surface area contributed by atoms with Crippen molar-refractivity contribution in [3.63, 3.8) is 0 Å². The van der Waals surface area contributed by atoms with E-state index < -0.39 is 17.7 Å². The van der Waals surface area contributed by atoms with Crippen LogP contribution in [0.5, 0.6) is 11.5 Å². The van der Waals surface area contributed by atoms with Crippen molar-refractivity contribution in [2.24, 2.45) is 0 Å². The molecule has 146 valence electrons. The van der Waals surface area contributed by atoms with Crippen molar-refractivity contribution in [3.8, 4) is 11.5 Å². The maximum Gasteiger partial charge on any atom is 0.416 e. The minimum atomic E-state index is -4.50. The zero-order valence-corrected chi connectivity index (χ0v) is 15.4. The Bertz CT molecular complexity index is 815. The lowest BCUT2D eigenvalue weighted by atomic mass is 10.2. The van der Waals surface area contributed by atoms with E-state index in [0.717, 1.165) is 18.2 Å². The predicted octanol–water partition coefficient (Wildman–Crippen LogP) is 5.00. The summed E-state index contributed by atoms with van der Waals surface area (Å²) < 4.78 is 48.6. The van der Waals surface area contributed by atoms with Gasteiger partial charge in [0.25, 0.3) is 0 Å². The molecule has 0 aliphatic heterocycles. The van der Waals surface area contributed by atoms with Crippen LogP contribution in [0.2, 0.25) is 10.0 Å². The largest absolute Gasteiger partial charge is 0.459 e. The van der Waals surface area contributed by atoms with E-state index in [2.05, 4.69) is 10.3 Å². The number of carbonyl (C=O) groups is 1. The topological polar surface area (TPSA) is 56.8 Å². The summed E-state index contributed by atoms with van der Waals surface area (Å²) in [5.41, 5.74) is 1.89. The minimum Gasteiger partial charge on any atom is -0.459 e. The Kier molecular flexibility index (Phi) is 7.32. The monoisotopic (exact) mass is 423 g/mol. The molecule has 0 atom stereocenters. The fourth-order valence-corrected chi connectivity index (χ4v) is 2.33. The van der Waals surface area contributed by atoms with Gasteiger partial charge in [-0.2, -0.15) is 13.2 Å². The molecule has 0 aliphatic rings. The van der Waals surface area contributed by atoms with E-state index in [0.29, 0.717) is 10.6 Å². The summed E-state index contributed by atoms with van der Waals surface area (Å²) >= 11 is 11.9. The smallest absolute Gasteiger partial charge is 0.416 e. The van der Waals surface area contributed by atoms with Crippen LogP contribution in [0, 0.1) is 0 Å². The van der Waals surface area contributed by atoms with E-state index in [1.54, 1.807) is 0 Å². The highest BCUT2D eigenvalue weighted by Gasteiger charge is 2.31. The standard InChI is InChI=1S/C17H14Cl2F3NO4/c1-23-26-9-16(24)25-8-10-6-12(3-4-13(10)18)27-15-5-2-11(7-14(15)19)17(20,21)22/h2-7,23H,8-9H2,1H3. The molecular formula is C17H14Cl2F3NO4. The van der Waals surface area contributed by atoms with E-state index in [9.17, 15) is 18.0 Å². The summed E-state index contributed by atoms with van der Waals surface area (Å²) in [5, 5.41) is 0.125. The normalized spacial score (nSPS) is 11.3. The number of hydrogen-bond donors (Lipinski definition) is 1. The minimum absolute atomic E-state index is 0.0392. The number of esters is 1. The SMILES string of the molecule is CNOCC(=O)OCc1cc(Oc2ccc(C(F)(F)F)cc2Cl)ccc1Cl. The Morgan fingerprint density at radius 2 is 1.85 bits per heavy atom. The van der Waals surface area contributed by atoms with Crippen molar-refractivity contribution in [3.05, 3.63) is 57.6 Å². The molecule has 0 fully saturated rings. The summed E-state index contributed by atoms with van der Waals surface area (Å²) in [5.74, 6) is -0.312. The van der Waals surface area contributed by atoms with Crippen molar-refractivity contribution in [1.29, 1.82) is 0 Å². The molecule has 10 heteroatoms. The summed E-state index contributed by atoms with van der Waals surface area (Å²) in [4.78, 5) is 16.1. The molecule has 27 heavy (non-hydrogen) atoms. The van der Waals surface area contributed by atoms with Crippen molar-refractivity contribution in [1.82, 2.24) is 5.48 Å². The molecule has 0 heterocycles. The summed E-state index contributed by atoms with van der Waals surface area (Å²) in [6.07, 6.45) is -4.50. The van der Waals surface area contributed by atoms with Gasteiger partial charge in [-0.1, -0.05) is 23.2 Å². The zero-order chi connectivity index (χ0) is 20.0. The van der Waals surface area contributed by atoms with Crippen molar-refractivity contribution < 1.29 is 32.3 Å². The van der Waals surface area contributed by atoms with E-state index >= 15 is 0 Å². The molecule has 0 bridgehead atoms. The Labute approximate surface area is 162 Å². The number of ether oxygens (including phenoxy) is 2. The average Bonchev–Trinajstić information content (AvgIpc) is 2.61. The molecule has 0 radical (unpaired) electrons. The molecule has 2 rings (SSSR count). The maximum absolute atomic E-state index is 12.7. The third-order valence-electron chi connectivity index (χ3n) is 3.23. The molecular weight excluding hydrogens is 410 g/mol. The highest BCUT2D eigenvalue weighted by Crippen LogP contribution is 2.37. The van der Waals surface area contributed by atoms with Crippen LogP contribution in [0.1, 0.15) is 11.1 Å². The van der Waals surface area contributed by atoms with Gasteiger partial charge in [0, 0.05) is 17.6 Å². The van der Waals surface area contributed by atoms with Crippen LogP contribution in [0.15, 0.2) is 36.4 Å². The van der Waals surface area contributed by atoms with Gasteiger partial charge in [-0.3, -0.25) is 4.84 Å². The van der Waals surface area contributed by atoms with Gasteiger partial charge in [-0.05, 0) is 36.4 Å². The zero-order valence-electron chi connectivity index (χ0n) is 13.9. The highest BCUT2D eigenvalue weighted by molar-refractivity contribution is 6.32. The first kappa shape index (κ1) is 21.3. The number of hydroxylamine groups is 1. The molecule has 2 aromatic carbocycles. The summed E-state index contributed by atoms with van der Waals surface area (Å²) in [6, 6.07) is 7.25. The number of hydrogen-bond acceptors (Lipinski definition) is 5. The quantitative estimate of drug-likeness (QED) is 0.501. The molecule has 0 aliphatic carbocycles. The fourth-order valence-electron chi connectivity index (χ4n) is 1.94. The van der Waals surface area contributed by atoms with E-state index in [4.69, 9.17) is 32.7 Å². The van der Waals surface area contributed by atoms with Gasteiger partial charge < -0.3 is 9.47 Å². The maximum atomic E-state index is 12.7. The van der Waals surface area contributed by atoms with Crippen LogP contribution in [0.25, 0.3) is 0 Å². The van der Waals surface area contributed by atoms with Crippen LogP contribution < -0.4 is 10.2 Å². The Balaban J connectivity index is 2.10. The van der Waals surface area contributed by atoms with Gasteiger partial charge >= 0.3 is 12.1 Å². The first-order valence-corrected chi connectivity index (χ1v) is 8.23. The molecule has 0 unspecified atom stereocenters. The van der Waals surface area contributed by atoms with Gasteiger partial charge in [0.15, 0.2) is 6.61 Å². The number of nitrogens with one attached hydrogen (secondary N) is 1. The molecule has 0 aromatic heterocycles. The van der Waals surface area contributed by atoms with Gasteiger partial charge in [-0.15, -0.1) is 0 Å². The first-order valence-electron chi connectivity index (χ1n) is 7.48. The predicted molar refractivity (Wildman–Crippen MR) is 92.8 cm³/mol. The summed E-state index contributed by atoms with van der Waals surface area (Å²) in [6.45, 7) is -0.422. The molecule has 0 spiro atoms. The number of benzene rings is 2. The average molecular weight is 424 g/mol. The lowest BCUT2D eigenvalue weighted by Crippen LogP contribution is -2.18. The van der Waals surface area contributed by atoms with Crippen LogP contribution in [-0.4, -0.2) is 19.6 Å². The van der Waals surface area contributed by atoms with Gasteiger partial charge in [0.05, 0.1) is 10.6 Å². The van der Waals surface area contributed by atoms with Crippen LogP contribution >= 0.6 is 23.2 Å². The van der Waals surface area contributed by atoms with Gasteiger partial charge in [-0.25, -0.2) is 10.3 Å². The molecule has 1 N–H and O–H groups in total. The first-order chi connectivity index (χ1) is 12.7. The molecule has 2 aromatic rings. The van der Waals surface area contributed by atoms with Crippen LogP contribution in [0.4, 0.5) is 13.2 Å².